The van der Waals surface area contributed by atoms with Gasteiger partial charge in [-0.05, 0) is 37.1 Å². The Balaban J connectivity index is 1.70. The van der Waals surface area contributed by atoms with Gasteiger partial charge < -0.3 is 24.5 Å². The van der Waals surface area contributed by atoms with E-state index in [4.69, 9.17) is 9.47 Å². The molecule has 0 aliphatic carbocycles. The fourth-order valence-electron chi connectivity index (χ4n) is 3.09. The zero-order valence-electron chi connectivity index (χ0n) is 18.6. The third kappa shape index (κ3) is 6.40. The van der Waals surface area contributed by atoms with Crippen LogP contribution in [-0.4, -0.2) is 38.6 Å². The van der Waals surface area contributed by atoms with Gasteiger partial charge in [0.1, 0.15) is 17.2 Å². The van der Waals surface area contributed by atoms with E-state index in [-0.39, 0.29) is 23.5 Å². The number of hydrogen-bond donors (Lipinski definition) is 2. The first kappa shape index (κ1) is 23.5. The second-order valence-electron chi connectivity index (χ2n) is 7.67. The van der Waals surface area contributed by atoms with E-state index in [0.29, 0.717) is 40.6 Å². The molecule has 3 rings (SSSR count). The van der Waals surface area contributed by atoms with Crippen molar-refractivity contribution in [2.45, 2.75) is 38.6 Å². The number of rotatable bonds is 10. The van der Waals surface area contributed by atoms with E-state index >= 15 is 0 Å². The van der Waals surface area contributed by atoms with Crippen molar-refractivity contribution < 1.29 is 19.4 Å². The number of benzene rings is 2. The number of ether oxygens (including phenoxy) is 2. The average molecular weight is 457 g/mol. The van der Waals surface area contributed by atoms with Gasteiger partial charge in [-0.1, -0.05) is 37.7 Å². The molecular weight excluding hydrogens is 428 g/mol. The maximum absolute atomic E-state index is 12.4. The third-order valence-corrected chi connectivity index (χ3v) is 5.44. The van der Waals surface area contributed by atoms with Crippen molar-refractivity contribution >= 4 is 23.4 Å². The molecule has 170 valence electrons. The zero-order valence-corrected chi connectivity index (χ0v) is 19.4. The number of carbonyl (C=O) groups is 1. The second-order valence-corrected chi connectivity index (χ2v) is 8.61. The quantitative estimate of drug-likeness (QED) is 0.433. The normalized spacial score (nSPS) is 11.9. The number of nitrogens with one attached hydrogen (secondary N) is 1. The summed E-state index contributed by atoms with van der Waals surface area (Å²) in [6.45, 7) is 6.84. The summed E-state index contributed by atoms with van der Waals surface area (Å²) in [5.41, 5.74) is 0.542. The van der Waals surface area contributed by atoms with Crippen LogP contribution in [0.15, 0.2) is 53.7 Å². The van der Waals surface area contributed by atoms with E-state index in [1.165, 1.54) is 17.8 Å². The highest BCUT2D eigenvalue weighted by atomic mass is 32.2. The maximum Gasteiger partial charge on any atom is 0.234 e. The second kappa shape index (κ2) is 10.9. The van der Waals surface area contributed by atoms with Crippen LogP contribution in [0.3, 0.4) is 0 Å². The molecule has 0 spiro atoms. The van der Waals surface area contributed by atoms with Crippen LogP contribution in [-0.2, 0) is 11.3 Å². The van der Waals surface area contributed by atoms with Gasteiger partial charge in [0.05, 0.1) is 12.9 Å². The van der Waals surface area contributed by atoms with Gasteiger partial charge in [0, 0.05) is 24.4 Å². The number of aromatic hydroxyl groups is 1. The molecule has 32 heavy (non-hydrogen) atoms. The minimum atomic E-state index is -0.344. The Labute approximate surface area is 192 Å². The standard InChI is InChI=1S/C23H28N4O4S/c1-15(2)13-27-22(16(3)31-20-10-6-9-19(12-20)30-4)25-26-23(27)32-14-21(29)24-17-7-5-8-18(28)11-17/h5-12,15-16,28H,13-14H2,1-4H3,(H,24,29). The highest BCUT2D eigenvalue weighted by molar-refractivity contribution is 7.99. The number of aromatic nitrogens is 3. The van der Waals surface area contributed by atoms with Crippen molar-refractivity contribution in [3.63, 3.8) is 0 Å². The lowest BCUT2D eigenvalue weighted by molar-refractivity contribution is -0.113. The number of hydrogen-bond acceptors (Lipinski definition) is 7. The average Bonchev–Trinajstić information content (AvgIpc) is 3.14. The molecule has 1 heterocycles. The molecule has 0 aliphatic rings. The van der Waals surface area contributed by atoms with E-state index in [1.54, 1.807) is 25.3 Å². The first-order valence-corrected chi connectivity index (χ1v) is 11.3. The molecule has 0 saturated carbocycles. The van der Waals surface area contributed by atoms with Crippen molar-refractivity contribution in [1.82, 2.24) is 14.8 Å². The number of nitrogens with zero attached hydrogens (tertiary/aromatic N) is 3. The van der Waals surface area contributed by atoms with E-state index in [9.17, 15) is 9.90 Å². The Morgan fingerprint density at radius 3 is 2.59 bits per heavy atom. The Morgan fingerprint density at radius 1 is 1.12 bits per heavy atom. The van der Waals surface area contributed by atoms with E-state index < -0.39 is 0 Å². The van der Waals surface area contributed by atoms with Gasteiger partial charge in [0.25, 0.3) is 0 Å². The first-order chi connectivity index (χ1) is 15.4. The van der Waals surface area contributed by atoms with Crippen molar-refractivity contribution in [3.05, 3.63) is 54.4 Å². The molecule has 3 aromatic rings. The van der Waals surface area contributed by atoms with Crippen molar-refractivity contribution in [2.75, 3.05) is 18.2 Å². The maximum atomic E-state index is 12.4. The van der Waals surface area contributed by atoms with Crippen LogP contribution in [0.25, 0.3) is 0 Å². The van der Waals surface area contributed by atoms with Crippen molar-refractivity contribution in [1.29, 1.82) is 0 Å². The van der Waals surface area contributed by atoms with Crippen molar-refractivity contribution in [3.8, 4) is 17.2 Å². The van der Waals surface area contributed by atoms with Gasteiger partial charge in [-0.3, -0.25) is 4.79 Å². The van der Waals surface area contributed by atoms with Gasteiger partial charge >= 0.3 is 0 Å². The third-order valence-electron chi connectivity index (χ3n) is 4.47. The highest BCUT2D eigenvalue weighted by Gasteiger charge is 2.21. The summed E-state index contributed by atoms with van der Waals surface area (Å²) in [6, 6.07) is 13.9. The van der Waals surface area contributed by atoms with Crippen LogP contribution < -0.4 is 14.8 Å². The van der Waals surface area contributed by atoms with Crippen LogP contribution >= 0.6 is 11.8 Å². The molecule has 2 aromatic carbocycles. The largest absolute Gasteiger partial charge is 0.508 e. The zero-order chi connectivity index (χ0) is 23.1. The minimum absolute atomic E-state index is 0.0989. The lowest BCUT2D eigenvalue weighted by atomic mass is 10.2. The number of thioether (sulfide) groups is 1. The van der Waals surface area contributed by atoms with Crippen LogP contribution in [0, 0.1) is 5.92 Å². The van der Waals surface area contributed by atoms with Crippen molar-refractivity contribution in [2.24, 2.45) is 5.92 Å². The molecular formula is C23H28N4O4S. The summed E-state index contributed by atoms with van der Waals surface area (Å²) in [4.78, 5) is 12.4. The molecule has 1 amide bonds. The Kier molecular flexibility index (Phi) is 7.99. The lowest BCUT2D eigenvalue weighted by Gasteiger charge is -2.18. The molecule has 2 N–H and O–H groups in total. The van der Waals surface area contributed by atoms with E-state index in [0.717, 1.165) is 0 Å². The van der Waals surface area contributed by atoms with E-state index in [1.807, 2.05) is 35.8 Å². The van der Waals surface area contributed by atoms with Gasteiger partial charge in [-0.2, -0.15) is 0 Å². The summed E-state index contributed by atoms with van der Waals surface area (Å²) in [7, 11) is 1.61. The van der Waals surface area contributed by atoms with E-state index in [2.05, 4.69) is 29.4 Å². The predicted octanol–water partition coefficient (Wildman–Crippen LogP) is 4.52. The monoisotopic (exact) mass is 456 g/mol. The number of amides is 1. The van der Waals surface area contributed by atoms with Crippen LogP contribution in [0.2, 0.25) is 0 Å². The van der Waals surface area contributed by atoms with Gasteiger partial charge in [-0.15, -0.1) is 10.2 Å². The molecule has 9 heteroatoms. The smallest absolute Gasteiger partial charge is 0.234 e. The molecule has 0 saturated heterocycles. The lowest BCUT2D eigenvalue weighted by Crippen LogP contribution is -2.17. The van der Waals surface area contributed by atoms with Gasteiger partial charge in [-0.25, -0.2) is 0 Å². The molecule has 0 radical (unpaired) electrons. The summed E-state index contributed by atoms with van der Waals surface area (Å²) in [6.07, 6.45) is -0.344. The highest BCUT2D eigenvalue weighted by Crippen LogP contribution is 2.27. The predicted molar refractivity (Wildman–Crippen MR) is 124 cm³/mol. The Bertz CT molecular complexity index is 1050. The first-order valence-electron chi connectivity index (χ1n) is 10.3. The number of phenolic OH excluding ortho intramolecular Hbond substituents is 1. The molecule has 1 unspecified atom stereocenters. The fourth-order valence-corrected chi connectivity index (χ4v) is 3.84. The van der Waals surface area contributed by atoms with Crippen LogP contribution in [0.4, 0.5) is 5.69 Å². The fraction of sp³-hybridized carbons (Fsp3) is 0.348. The number of anilines is 1. The molecule has 8 nitrogen and oxygen atoms in total. The summed E-state index contributed by atoms with van der Waals surface area (Å²) in [5, 5.41) is 21.6. The molecule has 1 aromatic heterocycles. The molecule has 1 atom stereocenters. The minimum Gasteiger partial charge on any atom is -0.508 e. The topological polar surface area (TPSA) is 98.5 Å². The summed E-state index contributed by atoms with van der Waals surface area (Å²) >= 11 is 1.31. The number of phenols is 1. The molecule has 0 aliphatic heterocycles. The van der Waals surface area contributed by atoms with Gasteiger partial charge in [0.15, 0.2) is 17.1 Å². The van der Waals surface area contributed by atoms with Crippen LogP contribution in [0.5, 0.6) is 17.2 Å². The van der Waals surface area contributed by atoms with Crippen LogP contribution in [0.1, 0.15) is 32.7 Å². The SMILES string of the molecule is COc1cccc(OC(C)c2nnc(SCC(=O)Nc3cccc(O)c3)n2CC(C)C)c1. The Morgan fingerprint density at radius 2 is 1.88 bits per heavy atom. The molecule has 0 fully saturated rings. The van der Waals surface area contributed by atoms with Gasteiger partial charge in [0.2, 0.25) is 5.91 Å². The summed E-state index contributed by atoms with van der Waals surface area (Å²) in [5.74, 6) is 2.51. The number of methoxy groups -OCH3 is 1. The number of carbonyl (C=O) groups excluding carboxylic acids is 1. The molecule has 0 bridgehead atoms. The summed E-state index contributed by atoms with van der Waals surface area (Å²) < 4.78 is 13.3. The Hall–Kier alpha value is -3.20.